The molecule has 0 aliphatic carbocycles. The van der Waals surface area contributed by atoms with Crippen molar-refractivity contribution in [2.24, 2.45) is 0 Å². The Bertz CT molecular complexity index is 532. The standard InChI is InChI=1S/C16H20N2O2/c1-3-18(11-14-8-9-17-10-14)16(19)12-20-15-6-4-13(2)5-7-15/h4-10,17H,3,11-12H2,1-2H3. The molecule has 4 heteroatoms. The molecule has 106 valence electrons. The van der Waals surface area contributed by atoms with Crippen molar-refractivity contribution in [3.63, 3.8) is 0 Å². The molecule has 0 fully saturated rings. The molecule has 4 nitrogen and oxygen atoms in total. The number of hydrogen-bond acceptors (Lipinski definition) is 2. The molecule has 1 heterocycles. The normalized spacial score (nSPS) is 10.3. The van der Waals surface area contributed by atoms with Gasteiger partial charge in [-0.05, 0) is 37.6 Å². The lowest BCUT2D eigenvalue weighted by Crippen LogP contribution is -2.34. The smallest absolute Gasteiger partial charge is 0.260 e. The molecule has 1 aromatic carbocycles. The first kappa shape index (κ1) is 14.2. The van der Waals surface area contributed by atoms with Crippen LogP contribution in [-0.4, -0.2) is 28.9 Å². The number of nitrogens with one attached hydrogen (secondary N) is 1. The van der Waals surface area contributed by atoms with Gasteiger partial charge >= 0.3 is 0 Å². The fourth-order valence-corrected chi connectivity index (χ4v) is 1.92. The zero-order chi connectivity index (χ0) is 14.4. The molecule has 0 atom stereocenters. The highest BCUT2D eigenvalue weighted by molar-refractivity contribution is 5.77. The van der Waals surface area contributed by atoms with Gasteiger partial charge in [-0.25, -0.2) is 0 Å². The zero-order valence-electron chi connectivity index (χ0n) is 11.9. The molecule has 0 spiro atoms. The van der Waals surface area contributed by atoms with Gasteiger partial charge in [-0.3, -0.25) is 4.79 Å². The van der Waals surface area contributed by atoms with Crippen LogP contribution in [0.3, 0.4) is 0 Å². The van der Waals surface area contributed by atoms with E-state index in [1.54, 1.807) is 4.90 Å². The molecule has 1 N–H and O–H groups in total. The van der Waals surface area contributed by atoms with Crippen molar-refractivity contribution in [3.05, 3.63) is 53.9 Å². The molecular formula is C16H20N2O2. The molecular weight excluding hydrogens is 252 g/mol. The van der Waals surface area contributed by atoms with Crippen LogP contribution >= 0.6 is 0 Å². The van der Waals surface area contributed by atoms with E-state index in [0.717, 1.165) is 11.3 Å². The quantitative estimate of drug-likeness (QED) is 0.879. The van der Waals surface area contributed by atoms with Crippen LogP contribution in [0.4, 0.5) is 0 Å². The number of aromatic nitrogens is 1. The zero-order valence-corrected chi connectivity index (χ0v) is 11.9. The van der Waals surface area contributed by atoms with E-state index < -0.39 is 0 Å². The highest BCUT2D eigenvalue weighted by Gasteiger charge is 2.13. The van der Waals surface area contributed by atoms with Gasteiger partial charge in [0, 0.05) is 25.5 Å². The van der Waals surface area contributed by atoms with Crippen molar-refractivity contribution in [1.82, 2.24) is 9.88 Å². The van der Waals surface area contributed by atoms with Gasteiger partial charge < -0.3 is 14.6 Å². The Morgan fingerprint density at radius 2 is 2.00 bits per heavy atom. The largest absolute Gasteiger partial charge is 0.484 e. The van der Waals surface area contributed by atoms with Crippen LogP contribution < -0.4 is 4.74 Å². The van der Waals surface area contributed by atoms with Crippen molar-refractivity contribution >= 4 is 5.91 Å². The summed E-state index contributed by atoms with van der Waals surface area (Å²) in [6.45, 7) is 5.33. The van der Waals surface area contributed by atoms with Gasteiger partial charge in [-0.1, -0.05) is 17.7 Å². The summed E-state index contributed by atoms with van der Waals surface area (Å²) in [6, 6.07) is 9.67. The van der Waals surface area contributed by atoms with E-state index in [1.807, 2.05) is 56.6 Å². The van der Waals surface area contributed by atoms with Gasteiger partial charge in [0.1, 0.15) is 5.75 Å². The summed E-state index contributed by atoms with van der Waals surface area (Å²) in [5.74, 6) is 0.718. The Morgan fingerprint density at radius 3 is 2.60 bits per heavy atom. The number of benzene rings is 1. The van der Waals surface area contributed by atoms with Gasteiger partial charge in [0.25, 0.3) is 5.91 Å². The Morgan fingerprint density at radius 1 is 1.25 bits per heavy atom. The Labute approximate surface area is 119 Å². The number of likely N-dealkylation sites (N-methyl/N-ethyl adjacent to an activating group) is 1. The van der Waals surface area contributed by atoms with Gasteiger partial charge in [-0.15, -0.1) is 0 Å². The number of nitrogens with zero attached hydrogens (tertiary/aromatic N) is 1. The molecule has 2 rings (SSSR count). The molecule has 0 aliphatic heterocycles. The Kier molecular flexibility index (Phi) is 4.82. The fraction of sp³-hybridized carbons (Fsp3) is 0.312. The van der Waals surface area contributed by atoms with Crippen molar-refractivity contribution < 1.29 is 9.53 Å². The topological polar surface area (TPSA) is 45.3 Å². The maximum absolute atomic E-state index is 12.1. The lowest BCUT2D eigenvalue weighted by Gasteiger charge is -2.20. The summed E-state index contributed by atoms with van der Waals surface area (Å²) in [4.78, 5) is 16.9. The third-order valence-electron chi connectivity index (χ3n) is 3.15. The highest BCUT2D eigenvalue weighted by Crippen LogP contribution is 2.12. The predicted molar refractivity (Wildman–Crippen MR) is 78.6 cm³/mol. The number of carbonyl (C=O) groups excluding carboxylic acids is 1. The van der Waals surface area contributed by atoms with Crippen LogP contribution in [0.1, 0.15) is 18.1 Å². The Balaban J connectivity index is 1.87. The summed E-state index contributed by atoms with van der Waals surface area (Å²) in [5.41, 5.74) is 2.27. The van der Waals surface area contributed by atoms with Gasteiger partial charge in [0.15, 0.2) is 6.61 Å². The van der Waals surface area contributed by atoms with Crippen molar-refractivity contribution in [2.45, 2.75) is 20.4 Å². The van der Waals surface area contributed by atoms with Gasteiger partial charge in [0.05, 0.1) is 0 Å². The van der Waals surface area contributed by atoms with E-state index in [-0.39, 0.29) is 12.5 Å². The molecule has 20 heavy (non-hydrogen) atoms. The summed E-state index contributed by atoms with van der Waals surface area (Å²) >= 11 is 0. The van der Waals surface area contributed by atoms with E-state index >= 15 is 0 Å². The fourth-order valence-electron chi connectivity index (χ4n) is 1.92. The van der Waals surface area contributed by atoms with E-state index in [9.17, 15) is 4.79 Å². The molecule has 1 amide bonds. The van der Waals surface area contributed by atoms with Crippen LogP contribution in [0.2, 0.25) is 0 Å². The number of carbonyl (C=O) groups is 1. The molecule has 0 bridgehead atoms. The lowest BCUT2D eigenvalue weighted by molar-refractivity contribution is -0.133. The second kappa shape index (κ2) is 6.80. The number of H-pyrrole nitrogens is 1. The number of hydrogen-bond donors (Lipinski definition) is 1. The average Bonchev–Trinajstić information content (AvgIpc) is 2.97. The molecule has 0 saturated heterocycles. The van der Waals surface area contributed by atoms with E-state index in [0.29, 0.717) is 13.1 Å². The minimum Gasteiger partial charge on any atom is -0.484 e. The summed E-state index contributed by atoms with van der Waals surface area (Å²) in [6.07, 6.45) is 3.76. The lowest BCUT2D eigenvalue weighted by atomic mass is 10.2. The van der Waals surface area contributed by atoms with Crippen LogP contribution in [0.25, 0.3) is 0 Å². The number of aryl methyl sites for hydroxylation is 1. The minimum absolute atomic E-state index is 0.00530. The first-order valence-corrected chi connectivity index (χ1v) is 6.78. The molecule has 0 saturated carbocycles. The first-order valence-electron chi connectivity index (χ1n) is 6.78. The second-order valence-corrected chi connectivity index (χ2v) is 4.73. The predicted octanol–water partition coefficient (Wildman–Crippen LogP) is 2.75. The maximum Gasteiger partial charge on any atom is 0.260 e. The van der Waals surface area contributed by atoms with Crippen molar-refractivity contribution in [2.75, 3.05) is 13.2 Å². The molecule has 0 radical (unpaired) electrons. The molecule has 2 aromatic rings. The third kappa shape index (κ3) is 3.88. The van der Waals surface area contributed by atoms with E-state index in [2.05, 4.69) is 4.98 Å². The maximum atomic E-state index is 12.1. The monoisotopic (exact) mass is 272 g/mol. The van der Waals surface area contributed by atoms with Gasteiger partial charge in [-0.2, -0.15) is 0 Å². The van der Waals surface area contributed by atoms with Crippen LogP contribution in [0, 0.1) is 6.92 Å². The minimum atomic E-state index is -0.00530. The third-order valence-corrected chi connectivity index (χ3v) is 3.15. The summed E-state index contributed by atoms with van der Waals surface area (Å²) < 4.78 is 5.53. The van der Waals surface area contributed by atoms with Crippen LogP contribution in [0.15, 0.2) is 42.7 Å². The van der Waals surface area contributed by atoms with Crippen LogP contribution in [0.5, 0.6) is 5.75 Å². The number of aromatic amines is 1. The van der Waals surface area contributed by atoms with Gasteiger partial charge in [0.2, 0.25) is 0 Å². The number of amides is 1. The number of rotatable bonds is 6. The average molecular weight is 272 g/mol. The summed E-state index contributed by atoms with van der Waals surface area (Å²) in [7, 11) is 0. The SMILES string of the molecule is CCN(Cc1cc[nH]c1)C(=O)COc1ccc(C)cc1. The molecule has 0 aliphatic rings. The van der Waals surface area contributed by atoms with Crippen LogP contribution in [-0.2, 0) is 11.3 Å². The molecule has 0 unspecified atom stereocenters. The van der Waals surface area contributed by atoms with Crippen molar-refractivity contribution in [3.8, 4) is 5.75 Å². The molecule has 1 aromatic heterocycles. The van der Waals surface area contributed by atoms with E-state index in [4.69, 9.17) is 4.74 Å². The van der Waals surface area contributed by atoms with Crippen molar-refractivity contribution in [1.29, 1.82) is 0 Å². The first-order chi connectivity index (χ1) is 9.69. The highest BCUT2D eigenvalue weighted by atomic mass is 16.5. The summed E-state index contributed by atoms with van der Waals surface area (Å²) in [5, 5.41) is 0. The Hall–Kier alpha value is -2.23. The second-order valence-electron chi connectivity index (χ2n) is 4.73. The van der Waals surface area contributed by atoms with E-state index in [1.165, 1.54) is 5.56 Å². The number of ether oxygens (including phenoxy) is 1.